The van der Waals surface area contributed by atoms with Crippen LogP contribution in [0.4, 0.5) is 10.1 Å². The van der Waals surface area contributed by atoms with E-state index in [0.717, 1.165) is 29.0 Å². The van der Waals surface area contributed by atoms with Crippen LogP contribution in [-0.2, 0) is 0 Å². The summed E-state index contributed by atoms with van der Waals surface area (Å²) in [6.45, 7) is 1.23. The fourth-order valence-electron chi connectivity index (χ4n) is 2.87. The molecule has 2 heterocycles. The summed E-state index contributed by atoms with van der Waals surface area (Å²) in [5, 5.41) is 4.13. The van der Waals surface area contributed by atoms with E-state index in [9.17, 15) is 4.39 Å². The van der Waals surface area contributed by atoms with Crippen LogP contribution in [0.2, 0.25) is 0 Å². The summed E-state index contributed by atoms with van der Waals surface area (Å²) in [6.07, 6.45) is 2.40. The second-order valence-electron chi connectivity index (χ2n) is 5.71. The summed E-state index contributed by atoms with van der Waals surface area (Å²) in [4.78, 5) is 4.10. The second-order valence-corrected chi connectivity index (χ2v) is 5.71. The monoisotopic (exact) mass is 324 g/mol. The van der Waals surface area contributed by atoms with Crippen molar-refractivity contribution in [3.8, 4) is 11.5 Å². The number of halogens is 1. The van der Waals surface area contributed by atoms with E-state index in [1.807, 2.05) is 36.4 Å². The number of anilines is 1. The fourth-order valence-corrected chi connectivity index (χ4v) is 2.87. The van der Waals surface area contributed by atoms with Crippen molar-refractivity contribution in [3.05, 3.63) is 60.5 Å². The molecule has 1 aromatic heterocycles. The first-order valence-electron chi connectivity index (χ1n) is 7.97. The Labute approximate surface area is 139 Å². The molecule has 1 aliphatic rings. The van der Waals surface area contributed by atoms with Crippen LogP contribution in [0.15, 0.2) is 54.7 Å². The molecule has 4 rings (SSSR count). The number of fused-ring (bicyclic) bond motifs is 2. The first-order chi connectivity index (χ1) is 11.8. The van der Waals surface area contributed by atoms with E-state index in [1.54, 1.807) is 12.3 Å². The van der Waals surface area contributed by atoms with E-state index in [1.165, 1.54) is 6.07 Å². The van der Waals surface area contributed by atoms with Gasteiger partial charge in [-0.25, -0.2) is 4.39 Å². The molecule has 1 aliphatic heterocycles. The van der Waals surface area contributed by atoms with Crippen molar-refractivity contribution in [2.75, 3.05) is 18.5 Å². The third-order valence-electron chi connectivity index (χ3n) is 4.07. The van der Waals surface area contributed by atoms with Gasteiger partial charge in [0.25, 0.3) is 0 Å². The molecule has 0 saturated heterocycles. The Balaban J connectivity index is 1.41. The lowest BCUT2D eigenvalue weighted by molar-refractivity contribution is 0.0874. The van der Waals surface area contributed by atoms with Crippen molar-refractivity contribution in [2.45, 2.75) is 12.5 Å². The van der Waals surface area contributed by atoms with Crippen molar-refractivity contribution in [1.82, 2.24) is 4.98 Å². The van der Waals surface area contributed by atoms with E-state index in [0.29, 0.717) is 18.7 Å². The van der Waals surface area contributed by atoms with Crippen molar-refractivity contribution in [3.63, 3.8) is 0 Å². The fraction of sp³-hybridized carbons (Fsp3) is 0.211. The Kier molecular flexibility index (Phi) is 3.91. The summed E-state index contributed by atoms with van der Waals surface area (Å²) >= 11 is 0. The highest BCUT2D eigenvalue weighted by Gasteiger charge is 2.20. The molecule has 0 radical (unpaired) electrons. The number of benzene rings is 2. The van der Waals surface area contributed by atoms with Gasteiger partial charge in [-0.1, -0.05) is 24.3 Å². The van der Waals surface area contributed by atoms with Crippen molar-refractivity contribution in [2.24, 2.45) is 0 Å². The Morgan fingerprint density at radius 1 is 1.08 bits per heavy atom. The lowest BCUT2D eigenvalue weighted by Crippen LogP contribution is -2.30. The van der Waals surface area contributed by atoms with Crippen LogP contribution in [0.5, 0.6) is 11.5 Å². The lowest BCUT2D eigenvalue weighted by atomic mass is 10.1. The minimum absolute atomic E-state index is 0.00256. The molecule has 0 amide bonds. The van der Waals surface area contributed by atoms with Gasteiger partial charge in [-0.05, 0) is 24.3 Å². The zero-order valence-electron chi connectivity index (χ0n) is 13.0. The molecule has 2 aromatic carbocycles. The first-order valence-corrected chi connectivity index (χ1v) is 7.97. The number of aromatic nitrogens is 1. The van der Waals surface area contributed by atoms with Gasteiger partial charge in [0, 0.05) is 30.2 Å². The molecule has 1 atom stereocenters. The lowest BCUT2D eigenvalue weighted by Gasteiger charge is -2.26. The van der Waals surface area contributed by atoms with Crippen LogP contribution in [0.3, 0.4) is 0 Å². The Morgan fingerprint density at radius 2 is 1.96 bits per heavy atom. The molecule has 1 N–H and O–H groups in total. The van der Waals surface area contributed by atoms with Crippen molar-refractivity contribution >= 4 is 16.6 Å². The zero-order chi connectivity index (χ0) is 16.4. The molecule has 24 heavy (non-hydrogen) atoms. The van der Waals surface area contributed by atoms with Crippen LogP contribution in [0, 0.1) is 5.82 Å². The number of ether oxygens (including phenoxy) is 2. The number of para-hydroxylation sites is 3. The number of pyridine rings is 1. The highest BCUT2D eigenvalue weighted by Crippen LogP contribution is 2.31. The standard InChI is InChI=1S/C19H17FN2O2/c20-15-5-3-4-14-16(9-11-22-19(14)15)21-10-8-13-12-23-17-6-1-2-7-18(17)24-13/h1-7,9,11,13H,8,10,12H2,(H,21,22). The quantitative estimate of drug-likeness (QED) is 0.787. The molecule has 1 unspecified atom stereocenters. The summed E-state index contributed by atoms with van der Waals surface area (Å²) in [7, 11) is 0. The molecule has 0 saturated carbocycles. The van der Waals surface area contributed by atoms with Gasteiger partial charge in [-0.2, -0.15) is 0 Å². The Morgan fingerprint density at radius 3 is 2.88 bits per heavy atom. The SMILES string of the molecule is Fc1cccc2c(NCCC3COc4ccccc4O3)ccnc12. The number of rotatable bonds is 4. The van der Waals surface area contributed by atoms with Gasteiger partial charge in [0.05, 0.1) is 0 Å². The maximum atomic E-state index is 13.8. The first kappa shape index (κ1) is 14.8. The summed E-state index contributed by atoms with van der Waals surface area (Å²) in [5.41, 5.74) is 1.25. The highest BCUT2D eigenvalue weighted by atomic mass is 19.1. The van der Waals surface area contributed by atoms with Gasteiger partial charge >= 0.3 is 0 Å². The van der Waals surface area contributed by atoms with E-state index in [4.69, 9.17) is 9.47 Å². The van der Waals surface area contributed by atoms with Gasteiger partial charge in [-0.15, -0.1) is 0 Å². The third-order valence-corrected chi connectivity index (χ3v) is 4.07. The smallest absolute Gasteiger partial charge is 0.161 e. The molecule has 122 valence electrons. The molecular weight excluding hydrogens is 307 g/mol. The Bertz CT molecular complexity index is 869. The van der Waals surface area contributed by atoms with E-state index >= 15 is 0 Å². The Hall–Kier alpha value is -2.82. The van der Waals surface area contributed by atoms with Gasteiger partial charge in [0.15, 0.2) is 11.5 Å². The topological polar surface area (TPSA) is 43.4 Å². The molecular formula is C19H17FN2O2. The second kappa shape index (κ2) is 6.35. The van der Waals surface area contributed by atoms with Crippen LogP contribution < -0.4 is 14.8 Å². The number of nitrogens with one attached hydrogen (secondary N) is 1. The maximum Gasteiger partial charge on any atom is 0.161 e. The average Bonchev–Trinajstić information content (AvgIpc) is 2.62. The van der Waals surface area contributed by atoms with E-state index in [-0.39, 0.29) is 11.9 Å². The maximum absolute atomic E-state index is 13.8. The normalized spacial score (nSPS) is 16.1. The average molecular weight is 324 g/mol. The minimum Gasteiger partial charge on any atom is -0.486 e. The molecule has 4 nitrogen and oxygen atoms in total. The van der Waals surface area contributed by atoms with Crippen molar-refractivity contribution in [1.29, 1.82) is 0 Å². The molecule has 3 aromatic rings. The molecule has 0 fully saturated rings. The number of hydrogen-bond donors (Lipinski definition) is 1. The molecule has 0 spiro atoms. The zero-order valence-corrected chi connectivity index (χ0v) is 13.0. The summed E-state index contributed by atoms with van der Waals surface area (Å²) in [6, 6.07) is 14.5. The minimum atomic E-state index is -0.309. The van der Waals surface area contributed by atoms with Crippen LogP contribution >= 0.6 is 0 Å². The van der Waals surface area contributed by atoms with Gasteiger partial charge in [0.2, 0.25) is 0 Å². The number of hydrogen-bond acceptors (Lipinski definition) is 4. The van der Waals surface area contributed by atoms with Crippen LogP contribution in [-0.4, -0.2) is 24.2 Å². The molecule has 5 heteroatoms. The highest BCUT2D eigenvalue weighted by molar-refractivity contribution is 5.91. The summed E-state index contributed by atoms with van der Waals surface area (Å²) < 4.78 is 25.4. The van der Waals surface area contributed by atoms with Crippen molar-refractivity contribution < 1.29 is 13.9 Å². The molecule has 0 aliphatic carbocycles. The third kappa shape index (κ3) is 2.85. The predicted octanol–water partition coefficient (Wildman–Crippen LogP) is 4.02. The van der Waals surface area contributed by atoms with E-state index < -0.39 is 0 Å². The van der Waals surface area contributed by atoms with Gasteiger partial charge < -0.3 is 14.8 Å². The van der Waals surface area contributed by atoms with Crippen LogP contribution in [0.25, 0.3) is 10.9 Å². The number of nitrogens with zero attached hydrogens (tertiary/aromatic N) is 1. The van der Waals surface area contributed by atoms with Gasteiger partial charge in [0.1, 0.15) is 24.0 Å². The van der Waals surface area contributed by atoms with Crippen LogP contribution in [0.1, 0.15) is 6.42 Å². The van der Waals surface area contributed by atoms with Gasteiger partial charge in [-0.3, -0.25) is 4.98 Å². The predicted molar refractivity (Wildman–Crippen MR) is 91.2 cm³/mol. The summed E-state index contributed by atoms with van der Waals surface area (Å²) in [5.74, 6) is 1.26. The molecule has 0 bridgehead atoms. The van der Waals surface area contributed by atoms with E-state index in [2.05, 4.69) is 10.3 Å². The largest absolute Gasteiger partial charge is 0.486 e.